The highest BCUT2D eigenvalue weighted by molar-refractivity contribution is 7.99. The quantitative estimate of drug-likeness (QED) is 0.679. The van der Waals surface area contributed by atoms with Crippen LogP contribution in [0, 0.1) is 10.1 Å². The van der Waals surface area contributed by atoms with E-state index in [9.17, 15) is 15.2 Å². The zero-order valence-electron chi connectivity index (χ0n) is 9.04. The number of phenolic OH excluding ortho intramolecular Hbond substituents is 1. The molecule has 0 saturated heterocycles. The second-order valence-electron chi connectivity index (χ2n) is 3.47. The van der Waals surface area contributed by atoms with Gasteiger partial charge in [-0.25, -0.2) is 0 Å². The van der Waals surface area contributed by atoms with Gasteiger partial charge in [0.05, 0.1) is 9.95 Å². The van der Waals surface area contributed by atoms with Gasteiger partial charge >= 0.3 is 0 Å². The lowest BCUT2D eigenvalue weighted by atomic mass is 10.3. The molecule has 2 rings (SSSR count). The van der Waals surface area contributed by atoms with E-state index >= 15 is 0 Å². The van der Waals surface area contributed by atoms with E-state index < -0.39 is 4.92 Å². The molecule has 1 N–H and O–H groups in total. The van der Waals surface area contributed by atoms with Crippen molar-refractivity contribution in [3.05, 3.63) is 57.6 Å². The summed E-state index contributed by atoms with van der Waals surface area (Å²) >= 11 is 7.31. The van der Waals surface area contributed by atoms with E-state index in [0.717, 1.165) is 4.90 Å². The number of nitro benzene ring substituents is 1. The maximum absolute atomic E-state index is 10.6. The van der Waals surface area contributed by atoms with Gasteiger partial charge in [-0.15, -0.1) is 0 Å². The highest BCUT2D eigenvalue weighted by Crippen LogP contribution is 2.36. The Balaban J connectivity index is 2.27. The second kappa shape index (κ2) is 5.29. The molecule has 0 aliphatic rings. The van der Waals surface area contributed by atoms with Gasteiger partial charge in [-0.3, -0.25) is 10.1 Å². The smallest absolute Gasteiger partial charge is 0.270 e. The molecule has 0 aromatic heterocycles. The number of benzene rings is 2. The number of aromatic hydroxyl groups is 1. The standard InChI is InChI=1S/C12H8ClNO3S/c13-11-6-8(14(16)17)4-5-12(11)18-10-3-1-2-9(15)7-10/h1-7,15H. The fourth-order valence-corrected chi connectivity index (χ4v) is 2.52. The molecule has 18 heavy (non-hydrogen) atoms. The van der Waals surface area contributed by atoms with E-state index in [2.05, 4.69) is 0 Å². The minimum Gasteiger partial charge on any atom is -0.508 e. The predicted octanol–water partition coefficient (Wildman–Crippen LogP) is 4.11. The van der Waals surface area contributed by atoms with Gasteiger partial charge in [0, 0.05) is 21.9 Å². The summed E-state index contributed by atoms with van der Waals surface area (Å²) in [7, 11) is 0. The molecular formula is C12H8ClNO3S. The normalized spacial score (nSPS) is 10.3. The highest BCUT2D eigenvalue weighted by atomic mass is 35.5. The summed E-state index contributed by atoms with van der Waals surface area (Å²) < 4.78 is 0. The Hall–Kier alpha value is -1.72. The fourth-order valence-electron chi connectivity index (χ4n) is 1.36. The van der Waals surface area contributed by atoms with Crippen LogP contribution in [0.4, 0.5) is 5.69 Å². The Morgan fingerprint density at radius 3 is 2.61 bits per heavy atom. The van der Waals surface area contributed by atoms with E-state index in [1.165, 1.54) is 23.9 Å². The van der Waals surface area contributed by atoms with Crippen LogP contribution >= 0.6 is 23.4 Å². The molecular weight excluding hydrogens is 274 g/mol. The molecule has 0 heterocycles. The minimum atomic E-state index is -0.491. The summed E-state index contributed by atoms with van der Waals surface area (Å²) in [5, 5.41) is 20.2. The van der Waals surface area contributed by atoms with Crippen LogP contribution in [0.5, 0.6) is 5.75 Å². The number of nitro groups is 1. The summed E-state index contributed by atoms with van der Waals surface area (Å²) in [5.74, 6) is 0.165. The number of nitrogens with zero attached hydrogens (tertiary/aromatic N) is 1. The largest absolute Gasteiger partial charge is 0.508 e. The predicted molar refractivity (Wildman–Crippen MR) is 70.3 cm³/mol. The van der Waals surface area contributed by atoms with Crippen molar-refractivity contribution in [2.45, 2.75) is 9.79 Å². The van der Waals surface area contributed by atoms with Gasteiger partial charge in [0.15, 0.2) is 0 Å². The van der Waals surface area contributed by atoms with Crippen molar-refractivity contribution in [1.29, 1.82) is 0 Å². The Morgan fingerprint density at radius 2 is 2.00 bits per heavy atom. The molecule has 0 bridgehead atoms. The first-order chi connectivity index (χ1) is 8.56. The third-order valence-electron chi connectivity index (χ3n) is 2.17. The molecule has 2 aromatic carbocycles. The van der Waals surface area contributed by atoms with Gasteiger partial charge < -0.3 is 5.11 Å². The van der Waals surface area contributed by atoms with Crippen molar-refractivity contribution >= 4 is 29.1 Å². The van der Waals surface area contributed by atoms with Crippen molar-refractivity contribution in [2.75, 3.05) is 0 Å². The number of halogens is 1. The molecule has 92 valence electrons. The topological polar surface area (TPSA) is 63.4 Å². The van der Waals surface area contributed by atoms with Crippen molar-refractivity contribution < 1.29 is 10.0 Å². The molecule has 6 heteroatoms. The van der Waals surface area contributed by atoms with Crippen molar-refractivity contribution in [3.8, 4) is 5.75 Å². The summed E-state index contributed by atoms with van der Waals surface area (Å²) in [6, 6.07) is 11.0. The van der Waals surface area contributed by atoms with Gasteiger partial charge in [-0.1, -0.05) is 29.4 Å². The maximum Gasteiger partial charge on any atom is 0.270 e. The van der Waals surface area contributed by atoms with Crippen LogP contribution in [0.3, 0.4) is 0 Å². The van der Waals surface area contributed by atoms with Gasteiger partial charge in [0.2, 0.25) is 0 Å². The van der Waals surface area contributed by atoms with Crippen LogP contribution in [0.15, 0.2) is 52.3 Å². The third kappa shape index (κ3) is 2.94. The van der Waals surface area contributed by atoms with Gasteiger partial charge in [0.25, 0.3) is 5.69 Å². The second-order valence-corrected chi connectivity index (χ2v) is 4.99. The SMILES string of the molecule is O=[N+]([O-])c1ccc(Sc2cccc(O)c2)c(Cl)c1. The van der Waals surface area contributed by atoms with Crippen molar-refractivity contribution in [3.63, 3.8) is 0 Å². The van der Waals surface area contributed by atoms with Crippen LogP contribution in [0.1, 0.15) is 0 Å². The molecule has 0 unspecified atom stereocenters. The Kier molecular flexibility index (Phi) is 3.74. The lowest BCUT2D eigenvalue weighted by Gasteiger charge is -2.04. The molecule has 0 amide bonds. The molecule has 4 nitrogen and oxygen atoms in total. The number of non-ortho nitro benzene ring substituents is 1. The average Bonchev–Trinajstić information content (AvgIpc) is 2.31. The molecule has 0 spiro atoms. The van der Waals surface area contributed by atoms with E-state index in [0.29, 0.717) is 9.92 Å². The van der Waals surface area contributed by atoms with Gasteiger partial charge in [0.1, 0.15) is 5.75 Å². The summed E-state index contributed by atoms with van der Waals surface area (Å²) in [4.78, 5) is 11.6. The van der Waals surface area contributed by atoms with E-state index in [1.54, 1.807) is 24.3 Å². The maximum atomic E-state index is 10.6. The lowest BCUT2D eigenvalue weighted by Crippen LogP contribution is -1.87. The van der Waals surface area contributed by atoms with Crippen LogP contribution in [0.2, 0.25) is 5.02 Å². The Bertz CT molecular complexity index is 604. The summed E-state index contributed by atoms with van der Waals surface area (Å²) in [6.45, 7) is 0. The highest BCUT2D eigenvalue weighted by Gasteiger charge is 2.10. The monoisotopic (exact) mass is 281 g/mol. The minimum absolute atomic E-state index is 0.0414. The van der Waals surface area contributed by atoms with E-state index in [1.807, 2.05) is 6.07 Å². The number of hydrogen-bond donors (Lipinski definition) is 1. The summed E-state index contributed by atoms with van der Waals surface area (Å²) in [5.41, 5.74) is -0.0414. The zero-order chi connectivity index (χ0) is 13.1. The molecule has 0 fully saturated rings. The first kappa shape index (κ1) is 12.7. The fraction of sp³-hybridized carbons (Fsp3) is 0. The van der Waals surface area contributed by atoms with Crippen LogP contribution in [-0.2, 0) is 0 Å². The Labute approximate surface area is 112 Å². The number of rotatable bonds is 3. The molecule has 2 aromatic rings. The third-order valence-corrected chi connectivity index (χ3v) is 3.66. The van der Waals surface area contributed by atoms with Gasteiger partial charge in [-0.2, -0.15) is 0 Å². The number of hydrogen-bond acceptors (Lipinski definition) is 4. The molecule has 0 saturated carbocycles. The molecule has 0 aliphatic carbocycles. The van der Waals surface area contributed by atoms with E-state index in [4.69, 9.17) is 11.6 Å². The van der Waals surface area contributed by atoms with Crippen LogP contribution < -0.4 is 0 Å². The van der Waals surface area contributed by atoms with E-state index in [-0.39, 0.29) is 11.4 Å². The first-order valence-corrected chi connectivity index (χ1v) is 6.16. The average molecular weight is 282 g/mol. The van der Waals surface area contributed by atoms with Crippen LogP contribution in [-0.4, -0.2) is 10.0 Å². The molecule has 0 radical (unpaired) electrons. The number of phenols is 1. The van der Waals surface area contributed by atoms with Crippen LogP contribution in [0.25, 0.3) is 0 Å². The lowest BCUT2D eigenvalue weighted by molar-refractivity contribution is -0.384. The Morgan fingerprint density at radius 1 is 1.22 bits per heavy atom. The molecule has 0 aliphatic heterocycles. The van der Waals surface area contributed by atoms with Crippen molar-refractivity contribution in [2.24, 2.45) is 0 Å². The first-order valence-electron chi connectivity index (χ1n) is 4.97. The summed E-state index contributed by atoms with van der Waals surface area (Å²) in [6.07, 6.45) is 0. The zero-order valence-corrected chi connectivity index (χ0v) is 10.6. The van der Waals surface area contributed by atoms with Crippen molar-refractivity contribution in [1.82, 2.24) is 0 Å². The van der Waals surface area contributed by atoms with Gasteiger partial charge in [-0.05, 0) is 24.3 Å². The molecule has 0 atom stereocenters.